The van der Waals surface area contributed by atoms with E-state index in [-0.39, 0.29) is 16.9 Å². The van der Waals surface area contributed by atoms with Crippen molar-refractivity contribution in [1.29, 1.82) is 0 Å². The number of aromatic nitrogens is 4. The van der Waals surface area contributed by atoms with Crippen molar-refractivity contribution in [2.75, 3.05) is 26.2 Å². The molecule has 7 nitrogen and oxygen atoms in total. The number of carbonyl (C=O) groups excluding carboxylic acids is 1. The Morgan fingerprint density at radius 2 is 1.67 bits per heavy atom. The summed E-state index contributed by atoms with van der Waals surface area (Å²) in [4.78, 5) is 25.2. The monoisotopic (exact) mass is 454 g/mol. The van der Waals surface area contributed by atoms with Gasteiger partial charge in [-0.2, -0.15) is 5.10 Å². The molecule has 174 valence electrons. The van der Waals surface area contributed by atoms with E-state index in [1.54, 1.807) is 0 Å². The van der Waals surface area contributed by atoms with E-state index in [1.165, 1.54) is 12.8 Å². The zero-order valence-corrected chi connectivity index (χ0v) is 18.6. The van der Waals surface area contributed by atoms with Crippen LogP contribution in [0.2, 0.25) is 0 Å². The summed E-state index contributed by atoms with van der Waals surface area (Å²) in [6.45, 7) is 3.32. The van der Waals surface area contributed by atoms with E-state index in [0.717, 1.165) is 69.9 Å². The second-order valence-electron chi connectivity index (χ2n) is 11.5. The Hall–Kier alpha value is -2.58. The standard InChI is InChI=1S/C24H28F2N6O/c25-17-4-19(26)20(27-9-17)3-15-5-23(6-15)10-30(11-23)22(33)31-12-24(13-31)7-18(8-24)32-14-28-21(29-32)16-1-2-16/h4,9,14-16,18H,1-3,5-8,10-13H2. The Balaban J connectivity index is 0.856. The average molecular weight is 455 g/mol. The highest BCUT2D eigenvalue weighted by Gasteiger charge is 2.58. The lowest BCUT2D eigenvalue weighted by molar-refractivity contribution is -0.107. The number of likely N-dealkylation sites (tertiary alicyclic amines) is 2. The van der Waals surface area contributed by atoms with Crippen LogP contribution in [0.3, 0.4) is 0 Å². The summed E-state index contributed by atoms with van der Waals surface area (Å²) >= 11 is 0. The van der Waals surface area contributed by atoms with Gasteiger partial charge >= 0.3 is 6.03 Å². The predicted molar refractivity (Wildman–Crippen MR) is 114 cm³/mol. The lowest BCUT2D eigenvalue weighted by atomic mass is 9.56. The Labute approximate surface area is 191 Å². The van der Waals surface area contributed by atoms with Gasteiger partial charge in [0.05, 0.1) is 17.9 Å². The van der Waals surface area contributed by atoms with Gasteiger partial charge in [-0.1, -0.05) is 0 Å². The highest BCUT2D eigenvalue weighted by Crippen LogP contribution is 2.56. The molecule has 0 unspecified atom stereocenters. The van der Waals surface area contributed by atoms with Gasteiger partial charge in [0.1, 0.15) is 18.0 Å². The lowest BCUT2D eigenvalue weighted by Crippen LogP contribution is -2.71. The SMILES string of the molecule is O=C(N1CC2(CC(Cc3ncc(F)cc3F)C2)C1)N1CC2(CC(n3cnc(C4CC4)n3)C2)C1. The normalized spacial score (nSPS) is 25.5. The molecule has 5 fully saturated rings. The molecular formula is C24H28F2N6O. The molecule has 5 aliphatic rings. The van der Waals surface area contributed by atoms with E-state index >= 15 is 0 Å². The van der Waals surface area contributed by atoms with Crippen molar-refractivity contribution in [1.82, 2.24) is 29.5 Å². The molecule has 3 aliphatic carbocycles. The second-order valence-corrected chi connectivity index (χ2v) is 11.5. The Bertz CT molecular complexity index is 1100. The predicted octanol–water partition coefficient (Wildman–Crippen LogP) is 3.54. The fourth-order valence-electron chi connectivity index (χ4n) is 6.81. The van der Waals surface area contributed by atoms with Crippen molar-refractivity contribution in [3.8, 4) is 0 Å². The molecule has 0 radical (unpaired) electrons. The van der Waals surface area contributed by atoms with Crippen LogP contribution >= 0.6 is 0 Å². The zero-order chi connectivity index (χ0) is 22.4. The molecule has 3 saturated carbocycles. The number of urea groups is 1. The molecule has 0 bridgehead atoms. The van der Waals surface area contributed by atoms with Crippen molar-refractivity contribution >= 4 is 6.03 Å². The van der Waals surface area contributed by atoms with Gasteiger partial charge in [0.25, 0.3) is 0 Å². The van der Waals surface area contributed by atoms with Crippen molar-refractivity contribution in [2.45, 2.75) is 56.9 Å². The highest BCUT2D eigenvalue weighted by atomic mass is 19.1. The van der Waals surface area contributed by atoms with Crippen LogP contribution in [0.5, 0.6) is 0 Å². The van der Waals surface area contributed by atoms with Crippen molar-refractivity contribution in [2.24, 2.45) is 16.7 Å². The molecule has 2 aromatic rings. The number of carbonyl (C=O) groups is 1. The first kappa shape index (κ1) is 19.9. The van der Waals surface area contributed by atoms with E-state index in [1.807, 2.05) is 20.8 Å². The van der Waals surface area contributed by atoms with E-state index < -0.39 is 11.6 Å². The van der Waals surface area contributed by atoms with Crippen LogP contribution in [0.4, 0.5) is 13.6 Å². The minimum Gasteiger partial charge on any atom is -0.323 e. The molecule has 7 rings (SSSR count). The average Bonchev–Trinajstić information content (AvgIpc) is 3.40. The topological polar surface area (TPSA) is 67.2 Å². The van der Waals surface area contributed by atoms with Crippen LogP contribution in [0.25, 0.3) is 0 Å². The molecule has 2 aromatic heterocycles. The Morgan fingerprint density at radius 3 is 2.30 bits per heavy atom. The number of nitrogens with zero attached hydrogens (tertiary/aromatic N) is 6. The summed E-state index contributed by atoms with van der Waals surface area (Å²) in [6.07, 6.45) is 10.1. The van der Waals surface area contributed by atoms with Gasteiger partial charge in [0, 0.05) is 49.0 Å². The van der Waals surface area contributed by atoms with Crippen LogP contribution in [-0.2, 0) is 6.42 Å². The molecule has 2 aliphatic heterocycles. The fraction of sp³-hybridized carbons (Fsp3) is 0.667. The molecule has 2 saturated heterocycles. The quantitative estimate of drug-likeness (QED) is 0.709. The molecule has 2 amide bonds. The van der Waals surface area contributed by atoms with Gasteiger partial charge in [-0.3, -0.25) is 4.98 Å². The van der Waals surface area contributed by atoms with Crippen LogP contribution in [-0.4, -0.2) is 61.8 Å². The van der Waals surface area contributed by atoms with Gasteiger partial charge in [-0.15, -0.1) is 0 Å². The maximum Gasteiger partial charge on any atom is 0.320 e. The largest absolute Gasteiger partial charge is 0.323 e. The van der Waals surface area contributed by atoms with Gasteiger partial charge in [-0.25, -0.2) is 23.2 Å². The smallest absolute Gasteiger partial charge is 0.320 e. The Kier molecular flexibility index (Phi) is 4.05. The summed E-state index contributed by atoms with van der Waals surface area (Å²) in [7, 11) is 0. The lowest BCUT2D eigenvalue weighted by Gasteiger charge is -2.63. The van der Waals surface area contributed by atoms with E-state index in [0.29, 0.717) is 30.0 Å². The summed E-state index contributed by atoms with van der Waals surface area (Å²) in [5.41, 5.74) is 0.832. The van der Waals surface area contributed by atoms with Crippen LogP contribution in [0.15, 0.2) is 18.6 Å². The number of pyridine rings is 1. The van der Waals surface area contributed by atoms with E-state index in [4.69, 9.17) is 0 Å². The third kappa shape index (κ3) is 3.26. The summed E-state index contributed by atoms with van der Waals surface area (Å²) in [6, 6.07) is 1.50. The summed E-state index contributed by atoms with van der Waals surface area (Å²) in [5.74, 6) is 0.763. The summed E-state index contributed by atoms with van der Waals surface area (Å²) < 4.78 is 28.9. The van der Waals surface area contributed by atoms with Crippen molar-refractivity contribution < 1.29 is 13.6 Å². The van der Waals surface area contributed by atoms with Gasteiger partial charge in [-0.05, 0) is 50.9 Å². The van der Waals surface area contributed by atoms with Crippen molar-refractivity contribution in [3.63, 3.8) is 0 Å². The first-order chi connectivity index (χ1) is 15.9. The van der Waals surface area contributed by atoms with E-state index in [9.17, 15) is 13.6 Å². The third-order valence-corrected chi connectivity index (χ3v) is 8.64. The van der Waals surface area contributed by atoms with Crippen LogP contribution in [0.1, 0.15) is 62.0 Å². The molecule has 0 N–H and O–H groups in total. The molecule has 0 aromatic carbocycles. The molecule has 4 heterocycles. The van der Waals surface area contributed by atoms with Gasteiger partial charge < -0.3 is 9.80 Å². The fourth-order valence-corrected chi connectivity index (χ4v) is 6.81. The number of hydrogen-bond donors (Lipinski definition) is 0. The first-order valence-electron chi connectivity index (χ1n) is 12.1. The first-order valence-corrected chi connectivity index (χ1v) is 12.1. The van der Waals surface area contributed by atoms with Crippen LogP contribution in [0, 0.1) is 28.4 Å². The summed E-state index contributed by atoms with van der Waals surface area (Å²) in [5, 5.41) is 4.67. The van der Waals surface area contributed by atoms with Gasteiger partial charge in [0.2, 0.25) is 0 Å². The number of rotatable bonds is 4. The number of amides is 2. The maximum atomic E-state index is 13.8. The van der Waals surface area contributed by atoms with E-state index in [2.05, 4.69) is 15.1 Å². The van der Waals surface area contributed by atoms with Crippen molar-refractivity contribution in [3.05, 3.63) is 41.7 Å². The second kappa shape index (κ2) is 6.73. The zero-order valence-electron chi connectivity index (χ0n) is 18.6. The third-order valence-electron chi connectivity index (χ3n) is 8.64. The van der Waals surface area contributed by atoms with Gasteiger partial charge in [0.15, 0.2) is 5.82 Å². The molecule has 0 atom stereocenters. The minimum absolute atomic E-state index is 0.168. The highest BCUT2D eigenvalue weighted by molar-refractivity contribution is 5.77. The number of hydrogen-bond acceptors (Lipinski definition) is 4. The molecular weight excluding hydrogens is 426 g/mol. The minimum atomic E-state index is -0.638. The molecule has 9 heteroatoms. The number of halogens is 2. The Morgan fingerprint density at radius 1 is 1.00 bits per heavy atom. The maximum absolute atomic E-state index is 13.8. The van der Waals surface area contributed by atoms with Crippen LogP contribution < -0.4 is 0 Å². The molecule has 2 spiro atoms. The molecule has 33 heavy (non-hydrogen) atoms.